The molecule has 2 aliphatic rings. The predicted octanol–water partition coefficient (Wildman–Crippen LogP) is 5.10. The van der Waals surface area contributed by atoms with Crippen molar-refractivity contribution in [1.82, 2.24) is 15.3 Å². The first-order valence-electron chi connectivity index (χ1n) is 9.84. The van der Waals surface area contributed by atoms with E-state index >= 15 is 0 Å². The Bertz CT molecular complexity index is 932. The first-order valence-corrected chi connectivity index (χ1v) is 10.2. The third-order valence-electron chi connectivity index (χ3n) is 5.26. The average molecular weight is 390 g/mol. The van der Waals surface area contributed by atoms with Gasteiger partial charge in [-0.3, -0.25) is 9.97 Å². The molecule has 0 atom stereocenters. The molecule has 1 aliphatic carbocycles. The molecule has 1 fully saturated rings. The number of piperidine rings is 1. The number of aromatic nitrogens is 2. The molecule has 0 spiro atoms. The maximum absolute atomic E-state index is 6.23. The third kappa shape index (κ3) is 4.32. The molecule has 28 heavy (non-hydrogen) atoms. The van der Waals surface area contributed by atoms with Gasteiger partial charge in [0.1, 0.15) is 0 Å². The van der Waals surface area contributed by atoms with Gasteiger partial charge in [-0.25, -0.2) is 0 Å². The van der Waals surface area contributed by atoms with Gasteiger partial charge in [-0.15, -0.1) is 0 Å². The van der Waals surface area contributed by atoms with E-state index in [0.717, 1.165) is 43.8 Å². The normalized spacial score (nSPS) is 15.6. The van der Waals surface area contributed by atoms with Crippen molar-refractivity contribution in [3.05, 3.63) is 100 Å². The Hall–Kier alpha value is -2.49. The van der Waals surface area contributed by atoms with Crippen LogP contribution in [0.25, 0.3) is 5.57 Å². The average Bonchev–Trinajstić information content (AvgIpc) is 2.93. The minimum absolute atomic E-state index is 0.826. The van der Waals surface area contributed by atoms with Gasteiger partial charge < -0.3 is 5.32 Å². The molecular formula is C24H24ClN3. The van der Waals surface area contributed by atoms with Gasteiger partial charge in [0.2, 0.25) is 0 Å². The SMILES string of the molecule is Clc1ccc2c(c1)CCc1cccnc1C2=C1CCNCC1.c1ccncc1. The second-order valence-electron chi connectivity index (χ2n) is 7.07. The third-order valence-corrected chi connectivity index (χ3v) is 5.49. The molecule has 0 radical (unpaired) electrons. The number of nitrogens with one attached hydrogen (secondary N) is 1. The number of benzene rings is 1. The Kier molecular flexibility index (Phi) is 6.15. The van der Waals surface area contributed by atoms with Gasteiger partial charge in [-0.05, 0) is 85.8 Å². The van der Waals surface area contributed by atoms with Crippen LogP contribution in [-0.4, -0.2) is 23.1 Å². The highest BCUT2D eigenvalue weighted by molar-refractivity contribution is 6.30. The van der Waals surface area contributed by atoms with Gasteiger partial charge >= 0.3 is 0 Å². The van der Waals surface area contributed by atoms with Crippen molar-refractivity contribution in [3.8, 4) is 0 Å². The fourth-order valence-corrected chi connectivity index (χ4v) is 4.12. The minimum atomic E-state index is 0.826. The first-order chi connectivity index (χ1) is 13.8. The highest BCUT2D eigenvalue weighted by Crippen LogP contribution is 2.37. The second-order valence-corrected chi connectivity index (χ2v) is 7.50. The van der Waals surface area contributed by atoms with E-state index in [1.54, 1.807) is 12.4 Å². The van der Waals surface area contributed by atoms with Gasteiger partial charge in [0, 0.05) is 29.2 Å². The summed E-state index contributed by atoms with van der Waals surface area (Å²) in [5.74, 6) is 0. The van der Waals surface area contributed by atoms with Crippen LogP contribution in [0.1, 0.15) is 35.2 Å². The van der Waals surface area contributed by atoms with Gasteiger partial charge in [-0.1, -0.05) is 35.4 Å². The molecule has 1 aromatic carbocycles. The van der Waals surface area contributed by atoms with Crippen molar-refractivity contribution in [2.75, 3.05) is 13.1 Å². The molecule has 5 rings (SSSR count). The van der Waals surface area contributed by atoms with Gasteiger partial charge in [0.15, 0.2) is 0 Å². The van der Waals surface area contributed by atoms with Crippen LogP contribution in [0.4, 0.5) is 0 Å². The van der Waals surface area contributed by atoms with Crippen molar-refractivity contribution in [3.63, 3.8) is 0 Å². The largest absolute Gasteiger partial charge is 0.316 e. The number of hydrogen-bond donors (Lipinski definition) is 1. The van der Waals surface area contributed by atoms with E-state index in [-0.39, 0.29) is 0 Å². The summed E-state index contributed by atoms with van der Waals surface area (Å²) in [6, 6.07) is 16.3. The molecule has 4 heteroatoms. The lowest BCUT2D eigenvalue weighted by Gasteiger charge is -2.21. The minimum Gasteiger partial charge on any atom is -0.316 e. The molecule has 0 unspecified atom stereocenters. The lowest BCUT2D eigenvalue weighted by atomic mass is 9.89. The maximum Gasteiger partial charge on any atom is 0.0739 e. The second kappa shape index (κ2) is 9.13. The van der Waals surface area contributed by atoms with E-state index in [2.05, 4.69) is 28.5 Å². The standard InChI is InChI=1S/C19H19ClN2.C5H5N/c20-16-5-6-17-15(12-16)4-3-14-2-1-9-22-19(14)18(17)13-7-10-21-11-8-13;1-2-4-6-5-3-1/h1-2,5-6,9,12,21H,3-4,7-8,10-11H2;1-5H. The zero-order valence-electron chi connectivity index (χ0n) is 15.9. The quantitative estimate of drug-likeness (QED) is 0.581. The van der Waals surface area contributed by atoms with Crippen molar-refractivity contribution in [1.29, 1.82) is 0 Å². The van der Waals surface area contributed by atoms with Gasteiger partial charge in [0.05, 0.1) is 5.69 Å². The molecule has 3 nitrogen and oxygen atoms in total. The number of nitrogens with zero attached hydrogens (tertiary/aromatic N) is 2. The summed E-state index contributed by atoms with van der Waals surface area (Å²) in [6.45, 7) is 2.12. The van der Waals surface area contributed by atoms with Crippen molar-refractivity contribution in [2.45, 2.75) is 25.7 Å². The first kappa shape index (κ1) is 18.9. The molecule has 142 valence electrons. The highest BCUT2D eigenvalue weighted by atomic mass is 35.5. The Balaban J connectivity index is 0.000000275. The molecule has 1 saturated heterocycles. The van der Waals surface area contributed by atoms with Gasteiger partial charge in [-0.2, -0.15) is 0 Å². The molecule has 1 N–H and O–H groups in total. The number of hydrogen-bond acceptors (Lipinski definition) is 3. The van der Waals surface area contributed by atoms with Crippen molar-refractivity contribution < 1.29 is 0 Å². The topological polar surface area (TPSA) is 37.8 Å². The van der Waals surface area contributed by atoms with Gasteiger partial charge in [0.25, 0.3) is 0 Å². The molecule has 3 heterocycles. The lowest BCUT2D eigenvalue weighted by molar-refractivity contribution is 0.611. The van der Waals surface area contributed by atoms with E-state index in [1.165, 1.54) is 33.5 Å². The number of halogens is 1. The van der Waals surface area contributed by atoms with Crippen LogP contribution in [0.3, 0.4) is 0 Å². The highest BCUT2D eigenvalue weighted by Gasteiger charge is 2.23. The van der Waals surface area contributed by atoms with E-state index in [4.69, 9.17) is 16.6 Å². The van der Waals surface area contributed by atoms with Crippen LogP contribution in [0.15, 0.2) is 72.7 Å². The van der Waals surface area contributed by atoms with E-state index in [0.29, 0.717) is 0 Å². The summed E-state index contributed by atoms with van der Waals surface area (Å²) < 4.78 is 0. The number of rotatable bonds is 0. The molecule has 0 amide bonds. The number of pyridine rings is 2. The summed E-state index contributed by atoms with van der Waals surface area (Å²) in [6.07, 6.45) is 9.69. The smallest absolute Gasteiger partial charge is 0.0739 e. The lowest BCUT2D eigenvalue weighted by Crippen LogP contribution is -2.24. The summed E-state index contributed by atoms with van der Waals surface area (Å²) in [5.41, 5.74) is 8.12. The number of aryl methyl sites for hydroxylation is 2. The predicted molar refractivity (Wildman–Crippen MR) is 115 cm³/mol. The van der Waals surface area contributed by atoms with Crippen molar-refractivity contribution in [2.24, 2.45) is 0 Å². The van der Waals surface area contributed by atoms with Crippen molar-refractivity contribution >= 4 is 17.2 Å². The number of fused-ring (bicyclic) bond motifs is 2. The fraction of sp³-hybridized carbons (Fsp3) is 0.250. The Morgan fingerprint density at radius 1 is 0.786 bits per heavy atom. The molecule has 1 aliphatic heterocycles. The zero-order valence-corrected chi connectivity index (χ0v) is 16.6. The monoisotopic (exact) mass is 389 g/mol. The van der Waals surface area contributed by atoms with Crippen LogP contribution < -0.4 is 5.32 Å². The van der Waals surface area contributed by atoms with Crippen LogP contribution in [-0.2, 0) is 12.8 Å². The molecule has 2 aromatic heterocycles. The van der Waals surface area contributed by atoms with E-state index < -0.39 is 0 Å². The molecule has 0 saturated carbocycles. The molecular weight excluding hydrogens is 366 g/mol. The van der Waals surface area contributed by atoms with Crippen LogP contribution in [0.5, 0.6) is 0 Å². The molecule has 0 bridgehead atoms. The Morgan fingerprint density at radius 3 is 2.29 bits per heavy atom. The maximum atomic E-state index is 6.23. The molecule has 3 aromatic rings. The summed E-state index contributed by atoms with van der Waals surface area (Å²) in [4.78, 5) is 8.53. The van der Waals surface area contributed by atoms with Crippen LogP contribution >= 0.6 is 11.6 Å². The fourth-order valence-electron chi connectivity index (χ4n) is 3.92. The van der Waals surface area contributed by atoms with E-state index in [1.807, 2.05) is 36.5 Å². The summed E-state index contributed by atoms with van der Waals surface area (Å²) in [5, 5.41) is 4.28. The zero-order chi connectivity index (χ0) is 19.2. The Morgan fingerprint density at radius 2 is 1.57 bits per heavy atom. The van der Waals surface area contributed by atoms with Crippen LogP contribution in [0, 0.1) is 0 Å². The van der Waals surface area contributed by atoms with E-state index in [9.17, 15) is 0 Å². The Labute approximate surface area is 171 Å². The van der Waals surface area contributed by atoms with Crippen LogP contribution in [0.2, 0.25) is 5.02 Å². The summed E-state index contributed by atoms with van der Waals surface area (Å²) >= 11 is 6.23. The summed E-state index contributed by atoms with van der Waals surface area (Å²) in [7, 11) is 0.